The molecule has 0 atom stereocenters. The van der Waals surface area contributed by atoms with Gasteiger partial charge in [-0.2, -0.15) is 5.26 Å². The molecule has 5 heteroatoms. The number of nitrogens with one attached hydrogen (secondary N) is 2. The van der Waals surface area contributed by atoms with E-state index in [4.69, 9.17) is 5.26 Å². The highest BCUT2D eigenvalue weighted by atomic mass is 16.2. The molecule has 0 aromatic heterocycles. The predicted octanol–water partition coefficient (Wildman–Crippen LogP) is 3.48. The maximum Gasteiger partial charge on any atom is 0.240 e. The van der Waals surface area contributed by atoms with Crippen LogP contribution in [0.4, 0.5) is 11.4 Å². The predicted molar refractivity (Wildman–Crippen MR) is 95.9 cm³/mol. The summed E-state index contributed by atoms with van der Waals surface area (Å²) < 4.78 is 0. The van der Waals surface area contributed by atoms with Gasteiger partial charge in [0.15, 0.2) is 0 Å². The van der Waals surface area contributed by atoms with Gasteiger partial charge in [0.05, 0.1) is 11.6 Å². The number of anilines is 2. The van der Waals surface area contributed by atoms with Crippen LogP contribution in [0.3, 0.4) is 0 Å². The summed E-state index contributed by atoms with van der Waals surface area (Å²) >= 11 is 0. The Kier molecular flexibility index (Phi) is 4.53. The number of rotatable bonds is 5. The quantitative estimate of drug-likeness (QED) is 0.822. The van der Waals surface area contributed by atoms with Gasteiger partial charge in [-0.3, -0.25) is 9.59 Å². The van der Waals surface area contributed by atoms with Gasteiger partial charge in [0.1, 0.15) is 5.41 Å². The average Bonchev–Trinajstić information content (AvgIpc) is 3.45. The summed E-state index contributed by atoms with van der Waals surface area (Å²) in [7, 11) is 0. The number of aryl methyl sites for hydroxylation is 1. The van der Waals surface area contributed by atoms with Crippen LogP contribution in [0, 0.1) is 16.7 Å². The Morgan fingerprint density at radius 3 is 1.84 bits per heavy atom. The molecule has 2 amide bonds. The normalized spacial score (nSPS) is 14.2. The molecular weight excluding hydrogens is 314 g/mol. The molecule has 5 nitrogen and oxygen atoms in total. The first-order chi connectivity index (χ1) is 12.1. The van der Waals surface area contributed by atoms with Crippen molar-refractivity contribution in [3.05, 3.63) is 59.7 Å². The van der Waals surface area contributed by atoms with Gasteiger partial charge in [-0.15, -0.1) is 0 Å². The molecule has 0 radical (unpaired) electrons. The minimum Gasteiger partial charge on any atom is -0.325 e. The zero-order valence-corrected chi connectivity index (χ0v) is 14.0. The lowest BCUT2D eigenvalue weighted by atomic mass is 10.0. The van der Waals surface area contributed by atoms with Crippen molar-refractivity contribution in [3.8, 4) is 6.07 Å². The van der Waals surface area contributed by atoms with E-state index in [9.17, 15) is 9.59 Å². The van der Waals surface area contributed by atoms with Crippen molar-refractivity contribution >= 4 is 23.2 Å². The van der Waals surface area contributed by atoms with E-state index in [-0.39, 0.29) is 11.8 Å². The van der Waals surface area contributed by atoms with Crippen molar-refractivity contribution in [2.45, 2.75) is 26.2 Å². The molecule has 25 heavy (non-hydrogen) atoms. The number of amides is 2. The van der Waals surface area contributed by atoms with Crippen molar-refractivity contribution in [1.82, 2.24) is 0 Å². The topological polar surface area (TPSA) is 82.0 Å². The molecule has 1 aliphatic carbocycles. The number of nitriles is 1. The van der Waals surface area contributed by atoms with E-state index in [1.807, 2.05) is 30.3 Å². The number of carbonyl (C=O) groups is 2. The van der Waals surface area contributed by atoms with Crippen molar-refractivity contribution in [2.75, 3.05) is 10.6 Å². The lowest BCUT2D eigenvalue weighted by molar-refractivity contribution is -0.131. The van der Waals surface area contributed by atoms with E-state index in [1.165, 1.54) is 5.56 Å². The molecular formula is C20H19N3O2. The van der Waals surface area contributed by atoms with Crippen LogP contribution < -0.4 is 10.6 Å². The number of benzene rings is 2. The minimum atomic E-state index is -1.00. The fourth-order valence-corrected chi connectivity index (χ4v) is 2.64. The Morgan fingerprint density at radius 1 is 0.960 bits per heavy atom. The maximum absolute atomic E-state index is 12.6. The van der Waals surface area contributed by atoms with Crippen LogP contribution in [0.2, 0.25) is 0 Å². The molecule has 2 aromatic carbocycles. The summed E-state index contributed by atoms with van der Waals surface area (Å²) in [6.07, 6.45) is 2.01. The second kappa shape index (κ2) is 6.78. The Labute approximate surface area is 146 Å². The molecule has 0 heterocycles. The zero-order chi connectivity index (χ0) is 17.9. The molecule has 1 fully saturated rings. The molecule has 0 saturated heterocycles. The number of carbonyl (C=O) groups excluding carboxylic acids is 2. The minimum absolute atomic E-state index is 0.275. The van der Waals surface area contributed by atoms with Gasteiger partial charge in [-0.05, 0) is 61.2 Å². The molecule has 2 N–H and O–H groups in total. The Bertz CT molecular complexity index is 829. The van der Waals surface area contributed by atoms with Crippen LogP contribution in [-0.2, 0) is 16.0 Å². The molecule has 1 saturated carbocycles. The fourth-order valence-electron chi connectivity index (χ4n) is 2.64. The first kappa shape index (κ1) is 16.7. The standard InChI is InChI=1S/C20H19N3O2/c1-2-14-3-7-16(8-4-14)22-18(24)20(11-12-20)19(25)23-17-9-5-15(13-21)6-10-17/h3-10H,2,11-12H2,1H3,(H,22,24)(H,23,25). The highest BCUT2D eigenvalue weighted by Crippen LogP contribution is 2.47. The van der Waals surface area contributed by atoms with E-state index < -0.39 is 5.41 Å². The number of hydrogen-bond donors (Lipinski definition) is 2. The number of nitrogens with zero attached hydrogens (tertiary/aromatic N) is 1. The molecule has 2 aromatic rings. The van der Waals surface area contributed by atoms with E-state index in [2.05, 4.69) is 17.6 Å². The first-order valence-electron chi connectivity index (χ1n) is 8.29. The van der Waals surface area contributed by atoms with Crippen LogP contribution in [0.5, 0.6) is 0 Å². The summed E-state index contributed by atoms with van der Waals surface area (Å²) in [6.45, 7) is 2.07. The van der Waals surface area contributed by atoms with Crippen LogP contribution in [0.25, 0.3) is 0 Å². The van der Waals surface area contributed by atoms with Gasteiger partial charge in [0.2, 0.25) is 11.8 Å². The van der Waals surface area contributed by atoms with E-state index in [0.29, 0.717) is 29.8 Å². The third kappa shape index (κ3) is 3.53. The number of hydrogen-bond acceptors (Lipinski definition) is 3. The molecule has 0 bridgehead atoms. The van der Waals surface area contributed by atoms with Gasteiger partial charge >= 0.3 is 0 Å². The largest absolute Gasteiger partial charge is 0.325 e. The van der Waals surface area contributed by atoms with Gasteiger partial charge in [0, 0.05) is 11.4 Å². The molecule has 0 spiro atoms. The molecule has 3 rings (SSSR count). The monoisotopic (exact) mass is 333 g/mol. The van der Waals surface area contributed by atoms with Crippen molar-refractivity contribution < 1.29 is 9.59 Å². The molecule has 0 unspecified atom stereocenters. The van der Waals surface area contributed by atoms with Gasteiger partial charge in [-0.1, -0.05) is 19.1 Å². The first-order valence-corrected chi connectivity index (χ1v) is 8.29. The third-order valence-corrected chi connectivity index (χ3v) is 4.51. The Balaban J connectivity index is 1.66. The van der Waals surface area contributed by atoms with Gasteiger partial charge in [-0.25, -0.2) is 0 Å². The summed E-state index contributed by atoms with van der Waals surface area (Å²) in [6, 6.07) is 16.2. The molecule has 126 valence electrons. The van der Waals surface area contributed by atoms with Crippen molar-refractivity contribution in [1.29, 1.82) is 5.26 Å². The highest BCUT2D eigenvalue weighted by Gasteiger charge is 2.56. The van der Waals surface area contributed by atoms with E-state index in [0.717, 1.165) is 6.42 Å². The molecule has 1 aliphatic rings. The van der Waals surface area contributed by atoms with Gasteiger partial charge in [0.25, 0.3) is 0 Å². The zero-order valence-electron chi connectivity index (χ0n) is 14.0. The van der Waals surface area contributed by atoms with Crippen molar-refractivity contribution in [3.63, 3.8) is 0 Å². The SMILES string of the molecule is CCc1ccc(NC(=O)C2(C(=O)Nc3ccc(C#N)cc3)CC2)cc1. The van der Waals surface area contributed by atoms with Crippen LogP contribution in [0.15, 0.2) is 48.5 Å². The summed E-state index contributed by atoms with van der Waals surface area (Å²) in [5.41, 5.74) is 1.98. The van der Waals surface area contributed by atoms with E-state index >= 15 is 0 Å². The summed E-state index contributed by atoms with van der Waals surface area (Å²) in [4.78, 5) is 25.1. The summed E-state index contributed by atoms with van der Waals surface area (Å²) in [5.74, 6) is -0.581. The lowest BCUT2D eigenvalue weighted by Crippen LogP contribution is -2.35. The van der Waals surface area contributed by atoms with Crippen LogP contribution in [-0.4, -0.2) is 11.8 Å². The second-order valence-electron chi connectivity index (χ2n) is 6.23. The fraction of sp³-hybridized carbons (Fsp3) is 0.250. The van der Waals surface area contributed by atoms with Crippen LogP contribution in [0.1, 0.15) is 30.9 Å². The molecule has 0 aliphatic heterocycles. The lowest BCUT2D eigenvalue weighted by Gasteiger charge is -2.15. The van der Waals surface area contributed by atoms with Crippen molar-refractivity contribution in [2.24, 2.45) is 5.41 Å². The maximum atomic E-state index is 12.6. The Hall–Kier alpha value is -3.13. The summed E-state index contributed by atoms with van der Waals surface area (Å²) in [5, 5.41) is 14.4. The van der Waals surface area contributed by atoms with E-state index in [1.54, 1.807) is 24.3 Å². The third-order valence-electron chi connectivity index (χ3n) is 4.51. The highest BCUT2D eigenvalue weighted by molar-refractivity contribution is 6.16. The smallest absolute Gasteiger partial charge is 0.240 e. The van der Waals surface area contributed by atoms with Crippen LogP contribution >= 0.6 is 0 Å². The average molecular weight is 333 g/mol. The second-order valence-corrected chi connectivity index (χ2v) is 6.23. The van der Waals surface area contributed by atoms with Gasteiger partial charge < -0.3 is 10.6 Å². The Morgan fingerprint density at radius 2 is 1.44 bits per heavy atom.